The van der Waals surface area contributed by atoms with Crippen LogP contribution >= 0.6 is 36.4 Å². The van der Waals surface area contributed by atoms with Crippen LogP contribution in [0.2, 0.25) is 5.02 Å². The van der Waals surface area contributed by atoms with Crippen LogP contribution < -0.4 is 5.32 Å². The van der Waals surface area contributed by atoms with E-state index < -0.39 is 4.92 Å². The number of benzene rings is 1. The number of rotatable bonds is 5. The van der Waals surface area contributed by atoms with Gasteiger partial charge in [-0.15, -0.1) is 24.8 Å². The van der Waals surface area contributed by atoms with Crippen molar-refractivity contribution in [2.45, 2.75) is 26.3 Å². The second-order valence-electron chi connectivity index (χ2n) is 5.90. The number of halogens is 3. The number of nitro groups is 1. The first-order valence-corrected chi connectivity index (χ1v) is 7.75. The van der Waals surface area contributed by atoms with Crippen LogP contribution in [0.5, 0.6) is 0 Å². The summed E-state index contributed by atoms with van der Waals surface area (Å²) in [6.07, 6.45) is 0.985. The van der Waals surface area contributed by atoms with E-state index in [1.54, 1.807) is 12.1 Å². The van der Waals surface area contributed by atoms with Gasteiger partial charge in [0.15, 0.2) is 0 Å². The Morgan fingerprint density at radius 3 is 2.43 bits per heavy atom. The predicted molar refractivity (Wildman–Crippen MR) is 99.2 cm³/mol. The molecule has 0 spiro atoms. The predicted octanol–water partition coefficient (Wildman–Crippen LogP) is 4.08. The topological polar surface area (TPSA) is 58.4 Å². The number of nitrogens with one attached hydrogen (secondary N) is 1. The Bertz CT molecular complexity index is 509. The maximum atomic E-state index is 11.1. The summed E-state index contributed by atoms with van der Waals surface area (Å²) in [4.78, 5) is 13.1. The van der Waals surface area contributed by atoms with Crippen LogP contribution in [-0.4, -0.2) is 36.0 Å². The second kappa shape index (κ2) is 10.3. The van der Waals surface area contributed by atoms with Gasteiger partial charge in [-0.25, -0.2) is 0 Å². The molecule has 0 amide bonds. The molecule has 0 unspecified atom stereocenters. The van der Waals surface area contributed by atoms with Gasteiger partial charge in [0.05, 0.1) is 4.92 Å². The zero-order chi connectivity index (χ0) is 15.4. The van der Waals surface area contributed by atoms with E-state index in [4.69, 9.17) is 11.6 Å². The average molecular weight is 385 g/mol. The summed E-state index contributed by atoms with van der Waals surface area (Å²) >= 11 is 5.92. The van der Waals surface area contributed by atoms with Crippen molar-refractivity contribution in [3.05, 3.63) is 38.9 Å². The molecule has 0 aliphatic carbocycles. The highest BCUT2D eigenvalue weighted by Crippen LogP contribution is 2.33. The molecule has 8 heteroatoms. The van der Waals surface area contributed by atoms with Gasteiger partial charge < -0.3 is 5.32 Å². The van der Waals surface area contributed by atoms with Crippen LogP contribution in [0.1, 0.15) is 31.9 Å². The average Bonchev–Trinajstić information content (AvgIpc) is 2.46. The highest BCUT2D eigenvalue weighted by atomic mass is 35.5. The summed E-state index contributed by atoms with van der Waals surface area (Å²) in [5.41, 5.74) is 0.986. The standard InChI is InChI=1S/C15H22ClN3O2.2ClH/c1-11(2)9-14(18-7-5-17-6-8-18)12-3-4-13(16)15(10-12)19(20)21;;/h3-4,10-11,14,17H,5-9H2,1-2H3;2*1H/t14-;;/m1../s1. The van der Waals surface area contributed by atoms with Crippen LogP contribution in [0, 0.1) is 16.0 Å². The first kappa shape index (κ1) is 22.4. The lowest BCUT2D eigenvalue weighted by Gasteiger charge is -2.36. The lowest BCUT2D eigenvalue weighted by molar-refractivity contribution is -0.384. The van der Waals surface area contributed by atoms with Crippen molar-refractivity contribution in [1.29, 1.82) is 0 Å². The number of hydrogen-bond donors (Lipinski definition) is 1. The van der Waals surface area contributed by atoms with Crippen LogP contribution in [0.4, 0.5) is 5.69 Å². The van der Waals surface area contributed by atoms with Gasteiger partial charge in [-0.2, -0.15) is 0 Å². The van der Waals surface area contributed by atoms with Gasteiger partial charge in [-0.05, 0) is 24.0 Å². The maximum Gasteiger partial charge on any atom is 0.288 e. The Morgan fingerprint density at radius 2 is 1.91 bits per heavy atom. The summed E-state index contributed by atoms with van der Waals surface area (Å²) in [6, 6.07) is 5.41. The first-order valence-electron chi connectivity index (χ1n) is 7.37. The fourth-order valence-corrected chi connectivity index (χ4v) is 3.00. The molecule has 1 saturated heterocycles. The molecule has 0 saturated carbocycles. The van der Waals surface area contributed by atoms with E-state index >= 15 is 0 Å². The van der Waals surface area contributed by atoms with Crippen LogP contribution in [-0.2, 0) is 0 Å². The van der Waals surface area contributed by atoms with Crippen LogP contribution in [0.3, 0.4) is 0 Å². The molecule has 1 aromatic carbocycles. The minimum atomic E-state index is -0.407. The Labute approximate surface area is 154 Å². The highest BCUT2D eigenvalue weighted by molar-refractivity contribution is 6.32. The fraction of sp³-hybridized carbons (Fsp3) is 0.600. The molecule has 1 N–H and O–H groups in total. The van der Waals surface area contributed by atoms with Crippen molar-refractivity contribution < 1.29 is 4.92 Å². The summed E-state index contributed by atoms with van der Waals surface area (Å²) in [7, 11) is 0. The molecule has 1 heterocycles. The molecule has 0 aromatic heterocycles. The molecular weight excluding hydrogens is 361 g/mol. The van der Waals surface area contributed by atoms with Crippen molar-refractivity contribution in [2.24, 2.45) is 5.92 Å². The minimum absolute atomic E-state index is 0. The van der Waals surface area contributed by atoms with Gasteiger partial charge in [-0.1, -0.05) is 31.5 Å². The number of hydrogen-bond acceptors (Lipinski definition) is 4. The number of nitro benzene ring substituents is 1. The lowest BCUT2D eigenvalue weighted by atomic mass is 9.94. The van der Waals surface area contributed by atoms with Crippen molar-refractivity contribution in [3.8, 4) is 0 Å². The molecule has 5 nitrogen and oxygen atoms in total. The molecule has 0 bridgehead atoms. The summed E-state index contributed by atoms with van der Waals surface area (Å²) < 4.78 is 0. The third-order valence-electron chi connectivity index (χ3n) is 3.84. The Morgan fingerprint density at radius 1 is 1.30 bits per heavy atom. The SMILES string of the molecule is CC(C)C[C@H](c1ccc(Cl)c([N+](=O)[O-])c1)N1CCNCC1.Cl.Cl. The summed E-state index contributed by atoms with van der Waals surface area (Å²) in [5.74, 6) is 0.527. The van der Waals surface area contributed by atoms with Gasteiger partial charge in [0.2, 0.25) is 0 Å². The van der Waals surface area contributed by atoms with Crippen molar-refractivity contribution in [1.82, 2.24) is 10.2 Å². The van der Waals surface area contributed by atoms with E-state index in [1.807, 2.05) is 6.07 Å². The molecule has 132 valence electrons. The Hall–Kier alpha value is -0.590. The smallest absolute Gasteiger partial charge is 0.288 e. The fourth-order valence-electron chi connectivity index (χ4n) is 2.81. The molecular formula is C15H24Cl3N3O2. The number of piperazine rings is 1. The van der Waals surface area contributed by atoms with Crippen LogP contribution in [0.15, 0.2) is 18.2 Å². The molecule has 1 aromatic rings. The minimum Gasteiger partial charge on any atom is -0.314 e. The van der Waals surface area contributed by atoms with Gasteiger partial charge in [0, 0.05) is 38.3 Å². The van der Waals surface area contributed by atoms with Crippen molar-refractivity contribution >= 4 is 42.1 Å². The van der Waals surface area contributed by atoms with Gasteiger partial charge in [0.25, 0.3) is 5.69 Å². The first-order chi connectivity index (χ1) is 9.99. The van der Waals surface area contributed by atoms with Crippen molar-refractivity contribution in [2.75, 3.05) is 26.2 Å². The quantitative estimate of drug-likeness (QED) is 0.614. The maximum absolute atomic E-state index is 11.1. The second-order valence-corrected chi connectivity index (χ2v) is 6.31. The van der Waals surface area contributed by atoms with E-state index in [0.717, 1.165) is 38.2 Å². The zero-order valence-electron chi connectivity index (χ0n) is 13.3. The summed E-state index contributed by atoms with van der Waals surface area (Å²) in [6.45, 7) is 8.22. The van der Waals surface area contributed by atoms with Gasteiger partial charge in [0.1, 0.15) is 5.02 Å². The van der Waals surface area contributed by atoms with Crippen LogP contribution in [0.25, 0.3) is 0 Å². The zero-order valence-corrected chi connectivity index (χ0v) is 15.7. The van der Waals surface area contributed by atoms with E-state index in [1.165, 1.54) is 0 Å². The Kier molecular flexibility index (Phi) is 10.0. The monoisotopic (exact) mass is 383 g/mol. The third-order valence-corrected chi connectivity index (χ3v) is 4.16. The highest BCUT2D eigenvalue weighted by Gasteiger charge is 2.25. The molecule has 2 rings (SSSR count). The van der Waals surface area contributed by atoms with Gasteiger partial charge in [-0.3, -0.25) is 15.0 Å². The molecule has 1 aliphatic rings. The number of nitrogens with zero attached hydrogens (tertiary/aromatic N) is 2. The third kappa shape index (κ3) is 6.08. The summed E-state index contributed by atoms with van der Waals surface area (Å²) in [5, 5.41) is 14.6. The largest absolute Gasteiger partial charge is 0.314 e. The molecule has 1 atom stereocenters. The molecule has 1 fully saturated rings. The van der Waals surface area contributed by atoms with Crippen molar-refractivity contribution in [3.63, 3.8) is 0 Å². The molecule has 0 radical (unpaired) electrons. The van der Waals surface area contributed by atoms with E-state index in [2.05, 4.69) is 24.1 Å². The normalized spacial score (nSPS) is 16.3. The lowest BCUT2D eigenvalue weighted by Crippen LogP contribution is -2.45. The van der Waals surface area contributed by atoms with E-state index in [9.17, 15) is 10.1 Å². The molecule has 23 heavy (non-hydrogen) atoms. The van der Waals surface area contributed by atoms with E-state index in [0.29, 0.717) is 5.92 Å². The van der Waals surface area contributed by atoms with Gasteiger partial charge >= 0.3 is 0 Å². The molecule has 1 aliphatic heterocycles. The Balaban J connectivity index is 0.00000242. The van der Waals surface area contributed by atoms with E-state index in [-0.39, 0.29) is 41.6 Å².